The van der Waals surface area contributed by atoms with Crippen LogP contribution in [0.2, 0.25) is 0 Å². The molecule has 2 aromatic rings. The van der Waals surface area contributed by atoms with Crippen LogP contribution in [0.5, 0.6) is 0 Å². The van der Waals surface area contributed by atoms with E-state index in [0.717, 1.165) is 23.1 Å². The maximum atomic E-state index is 11.5. The van der Waals surface area contributed by atoms with E-state index in [1.54, 1.807) is 0 Å². The highest BCUT2D eigenvalue weighted by Gasteiger charge is 2.05. The number of likely N-dealkylation sites (N-methyl/N-ethyl adjacent to an activating group) is 1. The van der Waals surface area contributed by atoms with Crippen molar-refractivity contribution in [1.29, 1.82) is 0 Å². The molecule has 3 N–H and O–H groups in total. The van der Waals surface area contributed by atoms with Gasteiger partial charge in [0, 0.05) is 17.1 Å². The molecule has 0 bridgehead atoms. The molecule has 1 aromatic carbocycles. The summed E-state index contributed by atoms with van der Waals surface area (Å²) in [6.45, 7) is 3.11. The molecule has 84 valence electrons. The van der Waals surface area contributed by atoms with Crippen molar-refractivity contribution in [3.8, 4) is 0 Å². The van der Waals surface area contributed by atoms with Gasteiger partial charge in [0.2, 0.25) is 5.91 Å². The average Bonchev–Trinajstić information content (AvgIpc) is 2.70. The molecule has 2 rings (SSSR count). The molecular formula is C12H15N3O. The van der Waals surface area contributed by atoms with Gasteiger partial charge in [0.25, 0.3) is 0 Å². The number of H-pyrrole nitrogens is 1. The number of hydrogen-bond donors (Lipinski definition) is 3. The molecule has 0 saturated carbocycles. The van der Waals surface area contributed by atoms with Crippen molar-refractivity contribution in [2.45, 2.75) is 6.92 Å². The third-order valence-corrected chi connectivity index (χ3v) is 2.40. The Hall–Kier alpha value is -1.81. The van der Waals surface area contributed by atoms with Crippen molar-refractivity contribution in [1.82, 2.24) is 10.3 Å². The van der Waals surface area contributed by atoms with E-state index in [2.05, 4.69) is 15.6 Å². The summed E-state index contributed by atoms with van der Waals surface area (Å²) in [5, 5.41) is 6.89. The number of nitrogens with one attached hydrogen (secondary N) is 3. The molecule has 0 fully saturated rings. The van der Waals surface area contributed by atoms with Crippen LogP contribution in [-0.2, 0) is 4.79 Å². The molecular weight excluding hydrogens is 202 g/mol. The number of aromatic nitrogens is 1. The topological polar surface area (TPSA) is 56.9 Å². The minimum atomic E-state index is -0.0217. The fourth-order valence-electron chi connectivity index (χ4n) is 1.61. The third kappa shape index (κ3) is 2.23. The van der Waals surface area contributed by atoms with E-state index in [1.165, 1.54) is 0 Å². The van der Waals surface area contributed by atoms with Gasteiger partial charge in [-0.05, 0) is 12.6 Å². The molecule has 1 aromatic heterocycles. The molecule has 1 heterocycles. The second-order valence-corrected chi connectivity index (χ2v) is 3.58. The van der Waals surface area contributed by atoms with Crippen molar-refractivity contribution in [3.05, 3.63) is 30.5 Å². The highest BCUT2D eigenvalue weighted by molar-refractivity contribution is 6.02. The van der Waals surface area contributed by atoms with Crippen molar-refractivity contribution >= 4 is 22.5 Å². The van der Waals surface area contributed by atoms with E-state index >= 15 is 0 Å². The number of fused-ring (bicyclic) bond motifs is 1. The van der Waals surface area contributed by atoms with E-state index in [0.29, 0.717) is 6.54 Å². The molecule has 4 heteroatoms. The van der Waals surface area contributed by atoms with Crippen molar-refractivity contribution in [2.75, 3.05) is 18.4 Å². The standard InChI is InChI=1S/C12H15N3O/c1-2-13-8-12(16)15-11-7-14-10-6-4-3-5-9(10)11/h3-7,13-14H,2,8H2,1H3,(H,15,16). The molecule has 1 amide bonds. The van der Waals surface area contributed by atoms with Crippen LogP contribution in [0.4, 0.5) is 5.69 Å². The SMILES string of the molecule is CCNCC(=O)Nc1c[nH]c2ccccc12. The monoisotopic (exact) mass is 217 g/mol. The summed E-state index contributed by atoms with van der Waals surface area (Å²) < 4.78 is 0. The van der Waals surface area contributed by atoms with Crippen LogP contribution in [0.1, 0.15) is 6.92 Å². The Kier molecular flexibility index (Phi) is 3.22. The molecule has 0 spiro atoms. The molecule has 0 aliphatic carbocycles. The smallest absolute Gasteiger partial charge is 0.238 e. The number of carbonyl (C=O) groups is 1. The number of amides is 1. The zero-order chi connectivity index (χ0) is 11.4. The number of anilines is 1. The van der Waals surface area contributed by atoms with Gasteiger partial charge in [0.15, 0.2) is 0 Å². The molecule has 0 aliphatic rings. The van der Waals surface area contributed by atoms with Gasteiger partial charge < -0.3 is 15.6 Å². The number of hydrogen-bond acceptors (Lipinski definition) is 2. The Morgan fingerprint density at radius 1 is 1.38 bits per heavy atom. The summed E-state index contributed by atoms with van der Waals surface area (Å²) in [6, 6.07) is 7.88. The fourth-order valence-corrected chi connectivity index (χ4v) is 1.61. The lowest BCUT2D eigenvalue weighted by Crippen LogP contribution is -2.27. The zero-order valence-electron chi connectivity index (χ0n) is 9.21. The first kappa shape index (κ1) is 10.7. The van der Waals surface area contributed by atoms with Gasteiger partial charge in [-0.1, -0.05) is 25.1 Å². The minimum absolute atomic E-state index is 0.0217. The summed E-state index contributed by atoms with van der Waals surface area (Å²) in [5.41, 5.74) is 1.86. The Bertz CT molecular complexity index is 490. The van der Waals surface area contributed by atoms with Gasteiger partial charge in [0.05, 0.1) is 12.2 Å². The lowest BCUT2D eigenvalue weighted by atomic mass is 10.2. The van der Waals surface area contributed by atoms with Crippen LogP contribution in [-0.4, -0.2) is 24.0 Å². The molecule has 0 aliphatic heterocycles. The van der Waals surface area contributed by atoms with Crippen LogP contribution >= 0.6 is 0 Å². The molecule has 4 nitrogen and oxygen atoms in total. The average molecular weight is 217 g/mol. The Morgan fingerprint density at radius 3 is 3.00 bits per heavy atom. The predicted octanol–water partition coefficient (Wildman–Crippen LogP) is 1.72. The van der Waals surface area contributed by atoms with Crippen LogP contribution in [0.25, 0.3) is 10.9 Å². The normalized spacial score (nSPS) is 10.6. The van der Waals surface area contributed by atoms with E-state index in [1.807, 2.05) is 37.4 Å². The summed E-state index contributed by atoms with van der Waals surface area (Å²) in [5.74, 6) is -0.0217. The number of aromatic amines is 1. The fraction of sp³-hybridized carbons (Fsp3) is 0.250. The van der Waals surface area contributed by atoms with Crippen LogP contribution in [0.15, 0.2) is 30.5 Å². The summed E-state index contributed by atoms with van der Waals surface area (Å²) in [6.07, 6.45) is 1.81. The maximum absolute atomic E-state index is 11.5. The van der Waals surface area contributed by atoms with Gasteiger partial charge in [0.1, 0.15) is 0 Å². The van der Waals surface area contributed by atoms with Crippen LogP contribution in [0, 0.1) is 0 Å². The molecule has 0 unspecified atom stereocenters. The van der Waals surface area contributed by atoms with Crippen molar-refractivity contribution in [2.24, 2.45) is 0 Å². The van der Waals surface area contributed by atoms with E-state index in [4.69, 9.17) is 0 Å². The number of para-hydroxylation sites is 1. The highest BCUT2D eigenvalue weighted by atomic mass is 16.1. The van der Waals surface area contributed by atoms with Crippen molar-refractivity contribution < 1.29 is 4.79 Å². The summed E-state index contributed by atoms with van der Waals surface area (Å²) in [7, 11) is 0. The van der Waals surface area contributed by atoms with Crippen molar-refractivity contribution in [3.63, 3.8) is 0 Å². The quantitative estimate of drug-likeness (QED) is 0.730. The zero-order valence-corrected chi connectivity index (χ0v) is 9.21. The molecule has 0 radical (unpaired) electrons. The lowest BCUT2D eigenvalue weighted by molar-refractivity contribution is -0.115. The maximum Gasteiger partial charge on any atom is 0.238 e. The first-order chi connectivity index (χ1) is 7.81. The molecule has 16 heavy (non-hydrogen) atoms. The minimum Gasteiger partial charge on any atom is -0.359 e. The number of rotatable bonds is 4. The van der Waals surface area contributed by atoms with Gasteiger partial charge >= 0.3 is 0 Å². The lowest BCUT2D eigenvalue weighted by Gasteiger charge is -2.03. The van der Waals surface area contributed by atoms with Crippen LogP contribution in [0.3, 0.4) is 0 Å². The third-order valence-electron chi connectivity index (χ3n) is 2.40. The van der Waals surface area contributed by atoms with E-state index in [-0.39, 0.29) is 5.91 Å². The van der Waals surface area contributed by atoms with Gasteiger partial charge in [-0.2, -0.15) is 0 Å². The Labute approximate surface area is 94.0 Å². The van der Waals surface area contributed by atoms with Gasteiger partial charge in [-0.3, -0.25) is 4.79 Å². The summed E-state index contributed by atoms with van der Waals surface area (Å²) in [4.78, 5) is 14.6. The van der Waals surface area contributed by atoms with Crippen LogP contribution < -0.4 is 10.6 Å². The largest absolute Gasteiger partial charge is 0.359 e. The predicted molar refractivity (Wildman–Crippen MR) is 65.5 cm³/mol. The molecule has 0 saturated heterocycles. The first-order valence-electron chi connectivity index (χ1n) is 5.38. The van der Waals surface area contributed by atoms with E-state index < -0.39 is 0 Å². The second-order valence-electron chi connectivity index (χ2n) is 3.58. The van der Waals surface area contributed by atoms with Gasteiger partial charge in [-0.25, -0.2) is 0 Å². The molecule has 0 atom stereocenters. The highest BCUT2D eigenvalue weighted by Crippen LogP contribution is 2.22. The Balaban J connectivity index is 2.12. The number of benzene rings is 1. The van der Waals surface area contributed by atoms with Gasteiger partial charge in [-0.15, -0.1) is 0 Å². The first-order valence-corrected chi connectivity index (χ1v) is 5.38. The number of carbonyl (C=O) groups excluding carboxylic acids is 1. The van der Waals surface area contributed by atoms with E-state index in [9.17, 15) is 4.79 Å². The summed E-state index contributed by atoms with van der Waals surface area (Å²) >= 11 is 0. The second kappa shape index (κ2) is 4.81. The Morgan fingerprint density at radius 2 is 2.19 bits per heavy atom.